The Bertz CT molecular complexity index is 542. The van der Waals surface area contributed by atoms with Gasteiger partial charge in [-0.2, -0.15) is 4.99 Å². The number of fused-ring (bicyclic) bond motifs is 1. The molecule has 2 aromatic carbocycles. The lowest BCUT2D eigenvalue weighted by Crippen LogP contribution is -1.85. The first-order valence-electron chi connectivity index (χ1n) is 4.50. The van der Waals surface area contributed by atoms with Crippen LogP contribution in [-0.4, -0.2) is 13.2 Å². The summed E-state index contributed by atoms with van der Waals surface area (Å²) in [5, 5.41) is 2.00. The zero-order valence-corrected chi connectivity index (χ0v) is 8.23. The van der Waals surface area contributed by atoms with Crippen molar-refractivity contribution >= 4 is 22.5 Å². The molecule has 2 rings (SSSR count). The molecule has 2 aromatic rings. The van der Waals surface area contributed by atoms with E-state index in [1.165, 1.54) is 6.08 Å². The molecule has 15 heavy (non-hydrogen) atoms. The number of aliphatic imine (C=N–C) groups is 1. The lowest BCUT2D eigenvalue weighted by Gasteiger charge is -2.06. The number of benzene rings is 2. The van der Waals surface area contributed by atoms with Gasteiger partial charge in [-0.1, -0.05) is 30.3 Å². The standard InChI is InChI=1S/C12H9NO2/c1-15-12-10-5-3-2-4-9(10)6-7-11(12)13-8-14/h2-7H,1H3. The summed E-state index contributed by atoms with van der Waals surface area (Å²) in [6.45, 7) is 0. The molecule has 0 amide bonds. The molecule has 0 unspecified atom stereocenters. The van der Waals surface area contributed by atoms with Crippen molar-refractivity contribution in [1.29, 1.82) is 0 Å². The molecule has 0 N–H and O–H groups in total. The van der Waals surface area contributed by atoms with Crippen LogP contribution in [0, 0.1) is 0 Å². The second kappa shape index (κ2) is 3.95. The molecule has 0 fully saturated rings. The van der Waals surface area contributed by atoms with Gasteiger partial charge in [-0.15, -0.1) is 0 Å². The third kappa shape index (κ3) is 1.60. The molecule has 0 saturated heterocycles. The predicted molar refractivity (Wildman–Crippen MR) is 58.3 cm³/mol. The van der Waals surface area contributed by atoms with Gasteiger partial charge in [0, 0.05) is 5.39 Å². The smallest absolute Gasteiger partial charge is 0.240 e. The molecular formula is C12H9NO2. The van der Waals surface area contributed by atoms with E-state index in [0.717, 1.165) is 10.8 Å². The average molecular weight is 199 g/mol. The molecule has 0 spiro atoms. The molecular weight excluding hydrogens is 190 g/mol. The van der Waals surface area contributed by atoms with Crippen molar-refractivity contribution in [2.24, 2.45) is 4.99 Å². The van der Waals surface area contributed by atoms with Crippen molar-refractivity contribution in [3.05, 3.63) is 36.4 Å². The topological polar surface area (TPSA) is 38.7 Å². The van der Waals surface area contributed by atoms with E-state index in [2.05, 4.69) is 4.99 Å². The minimum atomic E-state index is 0.506. The molecule has 0 atom stereocenters. The molecule has 3 heteroatoms. The lowest BCUT2D eigenvalue weighted by atomic mass is 10.1. The Balaban J connectivity index is 2.80. The van der Waals surface area contributed by atoms with Crippen molar-refractivity contribution in [3.63, 3.8) is 0 Å². The largest absolute Gasteiger partial charge is 0.494 e. The Morgan fingerprint density at radius 2 is 2.00 bits per heavy atom. The van der Waals surface area contributed by atoms with Crippen LogP contribution in [0.25, 0.3) is 10.8 Å². The summed E-state index contributed by atoms with van der Waals surface area (Å²) < 4.78 is 5.24. The number of ether oxygens (including phenoxy) is 1. The normalized spacial score (nSPS) is 9.67. The molecule has 0 aliphatic heterocycles. The van der Waals surface area contributed by atoms with Crippen LogP contribution in [0.5, 0.6) is 5.75 Å². The highest BCUT2D eigenvalue weighted by Crippen LogP contribution is 2.34. The van der Waals surface area contributed by atoms with Crippen LogP contribution in [-0.2, 0) is 4.79 Å². The van der Waals surface area contributed by atoms with E-state index in [4.69, 9.17) is 4.74 Å². The van der Waals surface area contributed by atoms with E-state index < -0.39 is 0 Å². The summed E-state index contributed by atoms with van der Waals surface area (Å²) in [6.07, 6.45) is 1.52. The van der Waals surface area contributed by atoms with Gasteiger partial charge in [0.2, 0.25) is 6.08 Å². The van der Waals surface area contributed by atoms with Crippen LogP contribution in [0.15, 0.2) is 41.4 Å². The molecule has 3 nitrogen and oxygen atoms in total. The Labute approximate surface area is 87.0 Å². The van der Waals surface area contributed by atoms with E-state index in [1.54, 1.807) is 13.2 Å². The van der Waals surface area contributed by atoms with E-state index in [-0.39, 0.29) is 0 Å². The van der Waals surface area contributed by atoms with Crippen LogP contribution >= 0.6 is 0 Å². The third-order valence-corrected chi connectivity index (χ3v) is 2.23. The number of carbonyl (C=O) groups excluding carboxylic acids is 1. The monoisotopic (exact) mass is 199 g/mol. The van der Waals surface area contributed by atoms with Crippen LogP contribution in [0.2, 0.25) is 0 Å². The van der Waals surface area contributed by atoms with Gasteiger partial charge in [0.25, 0.3) is 0 Å². The fourth-order valence-corrected chi connectivity index (χ4v) is 1.58. The summed E-state index contributed by atoms with van der Waals surface area (Å²) >= 11 is 0. The minimum absolute atomic E-state index is 0.506. The van der Waals surface area contributed by atoms with Gasteiger partial charge in [0.1, 0.15) is 5.69 Å². The lowest BCUT2D eigenvalue weighted by molar-refractivity contribution is 0.421. The molecule has 74 valence electrons. The SMILES string of the molecule is COc1c(N=C=O)ccc2ccccc12. The highest BCUT2D eigenvalue weighted by Gasteiger charge is 2.06. The van der Waals surface area contributed by atoms with Gasteiger partial charge in [0.05, 0.1) is 7.11 Å². The minimum Gasteiger partial charge on any atom is -0.494 e. The number of isocyanates is 1. The number of methoxy groups -OCH3 is 1. The summed E-state index contributed by atoms with van der Waals surface area (Å²) in [4.78, 5) is 13.8. The quantitative estimate of drug-likeness (QED) is 0.551. The summed E-state index contributed by atoms with van der Waals surface area (Å²) in [7, 11) is 1.56. The number of rotatable bonds is 2. The molecule has 0 radical (unpaired) electrons. The molecule has 0 aliphatic rings. The zero-order chi connectivity index (χ0) is 10.7. The van der Waals surface area contributed by atoms with Crippen molar-refractivity contribution in [3.8, 4) is 5.75 Å². The number of hydrogen-bond acceptors (Lipinski definition) is 3. The first kappa shape index (κ1) is 9.44. The van der Waals surface area contributed by atoms with Gasteiger partial charge >= 0.3 is 0 Å². The Hall–Kier alpha value is -2.12. The van der Waals surface area contributed by atoms with Crippen molar-refractivity contribution in [1.82, 2.24) is 0 Å². The average Bonchev–Trinajstić information content (AvgIpc) is 2.29. The Kier molecular flexibility index (Phi) is 2.48. The highest BCUT2D eigenvalue weighted by atomic mass is 16.5. The molecule has 0 heterocycles. The maximum absolute atomic E-state index is 10.2. The van der Waals surface area contributed by atoms with Crippen LogP contribution in [0.4, 0.5) is 5.69 Å². The maximum atomic E-state index is 10.2. The highest BCUT2D eigenvalue weighted by molar-refractivity contribution is 5.93. The van der Waals surface area contributed by atoms with Gasteiger partial charge in [-0.05, 0) is 11.5 Å². The summed E-state index contributed by atoms with van der Waals surface area (Å²) in [5.74, 6) is 0.608. The van der Waals surface area contributed by atoms with Crippen molar-refractivity contribution in [2.45, 2.75) is 0 Å². The fourth-order valence-electron chi connectivity index (χ4n) is 1.58. The molecule has 0 bridgehead atoms. The van der Waals surface area contributed by atoms with Gasteiger partial charge in [-0.25, -0.2) is 4.79 Å². The van der Waals surface area contributed by atoms with E-state index in [9.17, 15) is 4.79 Å². The van der Waals surface area contributed by atoms with Gasteiger partial charge in [0.15, 0.2) is 5.75 Å². The Morgan fingerprint density at radius 1 is 1.20 bits per heavy atom. The third-order valence-electron chi connectivity index (χ3n) is 2.23. The first-order chi connectivity index (χ1) is 7.36. The molecule has 0 aliphatic carbocycles. The van der Waals surface area contributed by atoms with E-state index >= 15 is 0 Å². The first-order valence-corrected chi connectivity index (χ1v) is 4.50. The van der Waals surface area contributed by atoms with E-state index in [0.29, 0.717) is 11.4 Å². The fraction of sp³-hybridized carbons (Fsp3) is 0.0833. The maximum Gasteiger partial charge on any atom is 0.240 e. The van der Waals surface area contributed by atoms with Crippen molar-refractivity contribution in [2.75, 3.05) is 7.11 Å². The summed E-state index contributed by atoms with van der Waals surface area (Å²) in [5.41, 5.74) is 0.506. The van der Waals surface area contributed by atoms with Crippen LogP contribution in [0.3, 0.4) is 0 Å². The zero-order valence-electron chi connectivity index (χ0n) is 8.23. The second-order valence-corrected chi connectivity index (χ2v) is 3.04. The molecule has 0 saturated carbocycles. The number of nitrogens with zero attached hydrogens (tertiary/aromatic N) is 1. The summed E-state index contributed by atoms with van der Waals surface area (Å²) in [6, 6.07) is 11.4. The van der Waals surface area contributed by atoms with Crippen LogP contribution in [0.1, 0.15) is 0 Å². The van der Waals surface area contributed by atoms with Gasteiger partial charge < -0.3 is 4.74 Å². The van der Waals surface area contributed by atoms with Crippen molar-refractivity contribution < 1.29 is 9.53 Å². The number of hydrogen-bond donors (Lipinski definition) is 0. The van der Waals surface area contributed by atoms with Crippen LogP contribution < -0.4 is 4.74 Å². The van der Waals surface area contributed by atoms with E-state index in [1.807, 2.05) is 30.3 Å². The van der Waals surface area contributed by atoms with Gasteiger partial charge in [-0.3, -0.25) is 0 Å². The molecule has 0 aromatic heterocycles. The Morgan fingerprint density at radius 3 is 2.73 bits per heavy atom. The predicted octanol–water partition coefficient (Wildman–Crippen LogP) is 2.82. The second-order valence-electron chi connectivity index (χ2n) is 3.04.